The first-order chi connectivity index (χ1) is 13.7. The molecule has 10 heteroatoms. The SMILES string of the molecule is CCc1nc(-c2ncccn2)sc1C(=O)N(Cc1cocn1)Cc1cocn1. The van der Waals surface area contributed by atoms with Gasteiger partial charge in [-0.3, -0.25) is 4.79 Å². The van der Waals surface area contributed by atoms with Crippen LogP contribution < -0.4 is 0 Å². The van der Waals surface area contributed by atoms with Gasteiger partial charge in [0, 0.05) is 12.4 Å². The normalized spacial score (nSPS) is 10.9. The number of aromatic nitrogens is 5. The number of nitrogens with zero attached hydrogens (tertiary/aromatic N) is 6. The molecule has 142 valence electrons. The topological polar surface area (TPSA) is 111 Å². The van der Waals surface area contributed by atoms with Crippen LogP contribution in [-0.2, 0) is 19.5 Å². The predicted molar refractivity (Wildman–Crippen MR) is 99.1 cm³/mol. The van der Waals surface area contributed by atoms with Gasteiger partial charge in [-0.25, -0.2) is 24.9 Å². The van der Waals surface area contributed by atoms with Gasteiger partial charge < -0.3 is 13.7 Å². The highest BCUT2D eigenvalue weighted by Crippen LogP contribution is 2.28. The summed E-state index contributed by atoms with van der Waals surface area (Å²) in [5.74, 6) is 0.336. The monoisotopic (exact) mass is 396 g/mol. The Bertz CT molecular complexity index is 995. The van der Waals surface area contributed by atoms with E-state index in [0.717, 1.165) is 0 Å². The fourth-order valence-electron chi connectivity index (χ4n) is 2.63. The van der Waals surface area contributed by atoms with E-state index in [4.69, 9.17) is 8.83 Å². The second-order valence-corrected chi connectivity index (χ2v) is 6.84. The van der Waals surface area contributed by atoms with Crippen molar-refractivity contribution >= 4 is 17.2 Å². The molecule has 1 amide bonds. The molecule has 0 radical (unpaired) electrons. The summed E-state index contributed by atoms with van der Waals surface area (Å²) in [7, 11) is 0. The lowest BCUT2D eigenvalue weighted by Gasteiger charge is -2.20. The molecule has 28 heavy (non-hydrogen) atoms. The summed E-state index contributed by atoms with van der Waals surface area (Å²) in [5, 5.41) is 0.614. The molecule has 4 aromatic rings. The summed E-state index contributed by atoms with van der Waals surface area (Å²) in [6.45, 7) is 2.52. The fraction of sp³-hybridized carbons (Fsp3) is 0.222. The van der Waals surface area contributed by atoms with E-state index in [1.54, 1.807) is 23.4 Å². The Morgan fingerprint density at radius 3 is 2.21 bits per heavy atom. The van der Waals surface area contributed by atoms with Crippen LogP contribution >= 0.6 is 11.3 Å². The van der Waals surface area contributed by atoms with Crippen molar-refractivity contribution < 1.29 is 13.6 Å². The summed E-state index contributed by atoms with van der Waals surface area (Å²) in [6.07, 6.45) is 9.62. The Kier molecular flexibility index (Phi) is 5.20. The first-order valence-electron chi connectivity index (χ1n) is 8.55. The van der Waals surface area contributed by atoms with Gasteiger partial charge in [-0.05, 0) is 12.5 Å². The second-order valence-electron chi connectivity index (χ2n) is 5.84. The number of carbonyl (C=O) groups excluding carboxylic acids is 1. The average Bonchev–Trinajstić information content (AvgIpc) is 3.49. The van der Waals surface area contributed by atoms with Crippen molar-refractivity contribution in [2.24, 2.45) is 0 Å². The van der Waals surface area contributed by atoms with E-state index < -0.39 is 0 Å². The van der Waals surface area contributed by atoms with Gasteiger partial charge >= 0.3 is 0 Å². The summed E-state index contributed by atoms with van der Waals surface area (Å²) in [6, 6.07) is 1.74. The summed E-state index contributed by atoms with van der Waals surface area (Å²) in [5.41, 5.74) is 2.00. The van der Waals surface area contributed by atoms with Crippen LogP contribution in [0.1, 0.15) is 33.7 Å². The van der Waals surface area contributed by atoms with Gasteiger partial charge in [0.25, 0.3) is 5.91 Å². The number of rotatable bonds is 7. The number of aryl methyl sites for hydroxylation is 1. The predicted octanol–water partition coefficient (Wildman–Crippen LogP) is 2.98. The molecule has 4 rings (SSSR count). The van der Waals surface area contributed by atoms with Crippen LogP contribution in [0.15, 0.2) is 52.6 Å². The number of oxazole rings is 2. The van der Waals surface area contributed by atoms with E-state index in [9.17, 15) is 4.79 Å². The lowest BCUT2D eigenvalue weighted by Crippen LogP contribution is -2.30. The first kappa shape index (κ1) is 18.0. The zero-order valence-electron chi connectivity index (χ0n) is 15.0. The van der Waals surface area contributed by atoms with E-state index in [2.05, 4.69) is 24.9 Å². The Labute approximate surface area is 164 Å². The molecule has 4 heterocycles. The lowest BCUT2D eigenvalue weighted by molar-refractivity contribution is 0.0729. The minimum atomic E-state index is -0.164. The Morgan fingerprint density at radius 2 is 1.68 bits per heavy atom. The summed E-state index contributed by atoms with van der Waals surface area (Å²) >= 11 is 1.28. The highest BCUT2D eigenvalue weighted by molar-refractivity contribution is 7.17. The molecule has 0 bridgehead atoms. The Morgan fingerprint density at radius 1 is 1.04 bits per heavy atom. The molecule has 0 aromatic carbocycles. The maximum absolute atomic E-state index is 13.4. The molecule has 0 aliphatic rings. The van der Waals surface area contributed by atoms with Crippen LogP contribution in [0.25, 0.3) is 10.8 Å². The van der Waals surface area contributed by atoms with E-state index >= 15 is 0 Å². The third-order valence-corrected chi connectivity index (χ3v) is 5.02. The van der Waals surface area contributed by atoms with Gasteiger partial charge in [-0.15, -0.1) is 11.3 Å². The number of carbonyl (C=O) groups is 1. The highest BCUT2D eigenvalue weighted by Gasteiger charge is 2.25. The third-order valence-electron chi connectivity index (χ3n) is 3.94. The largest absolute Gasteiger partial charge is 0.451 e. The molecule has 0 saturated heterocycles. The zero-order chi connectivity index (χ0) is 19.3. The maximum Gasteiger partial charge on any atom is 0.266 e. The second kappa shape index (κ2) is 8.09. The van der Waals surface area contributed by atoms with Crippen LogP contribution in [-0.4, -0.2) is 35.7 Å². The van der Waals surface area contributed by atoms with Crippen LogP contribution in [0.2, 0.25) is 0 Å². The van der Waals surface area contributed by atoms with Crippen molar-refractivity contribution in [2.45, 2.75) is 26.4 Å². The van der Waals surface area contributed by atoms with Crippen molar-refractivity contribution in [1.29, 1.82) is 0 Å². The maximum atomic E-state index is 13.4. The Hall–Kier alpha value is -3.40. The third kappa shape index (κ3) is 3.81. The molecular formula is C18H16N6O3S. The van der Waals surface area contributed by atoms with Crippen molar-refractivity contribution in [2.75, 3.05) is 0 Å². The van der Waals surface area contributed by atoms with E-state index in [1.165, 1.54) is 36.7 Å². The molecule has 0 fully saturated rings. The standard InChI is InChI=1S/C18H16N6O3S/c1-2-14-15(28-17(23-14)16-19-4-3-5-20-16)18(25)24(6-12-8-26-10-21-12)7-13-9-27-11-22-13/h3-5,8-11H,2,6-7H2,1H3. The smallest absolute Gasteiger partial charge is 0.266 e. The molecule has 0 aliphatic carbocycles. The molecule has 0 N–H and O–H groups in total. The Balaban J connectivity index is 1.66. The molecular weight excluding hydrogens is 380 g/mol. The molecule has 0 spiro atoms. The zero-order valence-corrected chi connectivity index (χ0v) is 15.8. The number of hydrogen-bond acceptors (Lipinski definition) is 9. The summed E-state index contributed by atoms with van der Waals surface area (Å²) in [4.78, 5) is 36.8. The van der Waals surface area contributed by atoms with Gasteiger partial charge in [-0.2, -0.15) is 0 Å². The minimum absolute atomic E-state index is 0.164. The van der Waals surface area contributed by atoms with Crippen molar-refractivity contribution in [1.82, 2.24) is 29.8 Å². The van der Waals surface area contributed by atoms with Crippen molar-refractivity contribution in [3.05, 3.63) is 65.7 Å². The van der Waals surface area contributed by atoms with E-state index in [-0.39, 0.29) is 19.0 Å². The van der Waals surface area contributed by atoms with Gasteiger partial charge in [0.1, 0.15) is 17.4 Å². The van der Waals surface area contributed by atoms with Crippen LogP contribution in [0.5, 0.6) is 0 Å². The molecule has 9 nitrogen and oxygen atoms in total. The number of amides is 1. The van der Waals surface area contributed by atoms with Gasteiger partial charge in [0.05, 0.1) is 30.2 Å². The molecule has 4 aromatic heterocycles. The van der Waals surface area contributed by atoms with E-state index in [1.807, 2.05) is 6.92 Å². The van der Waals surface area contributed by atoms with Gasteiger partial charge in [0.15, 0.2) is 23.6 Å². The van der Waals surface area contributed by atoms with Crippen molar-refractivity contribution in [3.63, 3.8) is 0 Å². The highest BCUT2D eigenvalue weighted by atomic mass is 32.1. The van der Waals surface area contributed by atoms with E-state index in [0.29, 0.717) is 39.2 Å². The molecule has 0 atom stereocenters. The van der Waals surface area contributed by atoms with Crippen LogP contribution in [0.4, 0.5) is 0 Å². The van der Waals surface area contributed by atoms with Crippen LogP contribution in [0.3, 0.4) is 0 Å². The average molecular weight is 396 g/mol. The lowest BCUT2D eigenvalue weighted by atomic mass is 10.2. The summed E-state index contributed by atoms with van der Waals surface area (Å²) < 4.78 is 10.1. The molecule has 0 saturated carbocycles. The van der Waals surface area contributed by atoms with Gasteiger partial charge in [-0.1, -0.05) is 6.92 Å². The molecule has 0 unspecified atom stereocenters. The van der Waals surface area contributed by atoms with Gasteiger partial charge in [0.2, 0.25) is 0 Å². The molecule has 0 aliphatic heterocycles. The minimum Gasteiger partial charge on any atom is -0.451 e. The van der Waals surface area contributed by atoms with Crippen molar-refractivity contribution in [3.8, 4) is 10.8 Å². The number of thiazole rings is 1. The quantitative estimate of drug-likeness (QED) is 0.469. The first-order valence-corrected chi connectivity index (χ1v) is 9.36. The fourth-order valence-corrected chi connectivity index (χ4v) is 3.70. The number of hydrogen-bond donors (Lipinski definition) is 0. The van der Waals surface area contributed by atoms with Crippen LogP contribution in [0, 0.1) is 0 Å².